The summed E-state index contributed by atoms with van der Waals surface area (Å²) in [5.41, 5.74) is 0.484. The molecule has 0 atom stereocenters. The maximum atomic E-state index is 12.1. The van der Waals surface area contributed by atoms with Crippen molar-refractivity contribution < 1.29 is 13.9 Å². The first-order chi connectivity index (χ1) is 11.7. The van der Waals surface area contributed by atoms with Crippen LogP contribution in [0.1, 0.15) is 16.1 Å². The zero-order chi connectivity index (χ0) is 16.8. The molecule has 24 heavy (non-hydrogen) atoms. The molecule has 0 spiro atoms. The number of aromatic nitrogens is 1. The van der Waals surface area contributed by atoms with E-state index in [2.05, 4.69) is 26.2 Å². The van der Waals surface area contributed by atoms with Gasteiger partial charge in [-0.1, -0.05) is 15.9 Å². The number of nitrogens with one attached hydrogen (secondary N) is 1. The number of nitrogens with zero attached hydrogens (tertiary/aromatic N) is 1. The molecule has 2 aromatic heterocycles. The van der Waals surface area contributed by atoms with Crippen LogP contribution in [0.5, 0.6) is 11.6 Å². The number of carbonyl (C=O) groups is 1. The quantitative estimate of drug-likeness (QED) is 0.689. The van der Waals surface area contributed by atoms with Gasteiger partial charge >= 0.3 is 0 Å². The van der Waals surface area contributed by atoms with Gasteiger partial charge in [0.2, 0.25) is 5.88 Å². The van der Waals surface area contributed by atoms with E-state index in [1.807, 2.05) is 36.4 Å². The topological polar surface area (TPSA) is 64.4 Å². The average Bonchev–Trinajstić information content (AvgIpc) is 3.11. The van der Waals surface area contributed by atoms with Crippen LogP contribution in [-0.2, 0) is 6.42 Å². The Morgan fingerprint density at radius 2 is 2.00 bits per heavy atom. The van der Waals surface area contributed by atoms with Crippen molar-refractivity contribution in [2.45, 2.75) is 6.42 Å². The molecular weight excluding hydrogens is 372 g/mol. The molecule has 2 heterocycles. The molecule has 6 heteroatoms. The van der Waals surface area contributed by atoms with Crippen molar-refractivity contribution in [3.8, 4) is 11.6 Å². The Morgan fingerprint density at radius 3 is 2.67 bits per heavy atom. The van der Waals surface area contributed by atoms with Crippen LogP contribution in [-0.4, -0.2) is 17.4 Å². The maximum Gasteiger partial charge on any atom is 0.252 e. The highest BCUT2D eigenvalue weighted by atomic mass is 79.9. The van der Waals surface area contributed by atoms with E-state index >= 15 is 0 Å². The molecule has 0 aliphatic heterocycles. The third-order valence-electron chi connectivity index (χ3n) is 3.27. The molecule has 0 saturated carbocycles. The largest absolute Gasteiger partial charge is 0.469 e. The molecule has 1 N–H and O–H groups in total. The van der Waals surface area contributed by atoms with E-state index in [1.54, 1.807) is 18.4 Å². The molecule has 0 aliphatic carbocycles. The van der Waals surface area contributed by atoms with Crippen molar-refractivity contribution in [3.63, 3.8) is 0 Å². The highest BCUT2D eigenvalue weighted by Crippen LogP contribution is 2.21. The zero-order valence-electron chi connectivity index (χ0n) is 12.7. The molecule has 0 radical (unpaired) electrons. The van der Waals surface area contributed by atoms with Crippen LogP contribution >= 0.6 is 15.9 Å². The van der Waals surface area contributed by atoms with Crippen LogP contribution in [0.3, 0.4) is 0 Å². The van der Waals surface area contributed by atoms with Gasteiger partial charge in [0.25, 0.3) is 5.91 Å². The van der Waals surface area contributed by atoms with E-state index in [0.29, 0.717) is 30.2 Å². The minimum atomic E-state index is -0.177. The normalized spacial score (nSPS) is 10.4. The summed E-state index contributed by atoms with van der Waals surface area (Å²) in [4.78, 5) is 16.2. The van der Waals surface area contributed by atoms with Gasteiger partial charge in [0.05, 0.1) is 11.8 Å². The van der Waals surface area contributed by atoms with Crippen molar-refractivity contribution in [3.05, 3.63) is 76.8 Å². The second-order valence-electron chi connectivity index (χ2n) is 5.03. The van der Waals surface area contributed by atoms with Gasteiger partial charge in [-0.05, 0) is 42.5 Å². The first-order valence-electron chi connectivity index (χ1n) is 7.41. The van der Waals surface area contributed by atoms with Gasteiger partial charge in [0, 0.05) is 29.7 Å². The number of benzene rings is 1. The fraction of sp³-hybridized carbons (Fsp3) is 0.111. The number of ether oxygens (including phenoxy) is 1. The van der Waals surface area contributed by atoms with Crippen LogP contribution < -0.4 is 10.1 Å². The highest BCUT2D eigenvalue weighted by molar-refractivity contribution is 9.10. The van der Waals surface area contributed by atoms with Gasteiger partial charge in [0.15, 0.2) is 0 Å². The Kier molecular flexibility index (Phi) is 5.28. The molecule has 122 valence electrons. The Morgan fingerprint density at radius 1 is 1.17 bits per heavy atom. The molecule has 5 nitrogen and oxygen atoms in total. The number of furan rings is 1. The summed E-state index contributed by atoms with van der Waals surface area (Å²) in [5, 5.41) is 2.83. The van der Waals surface area contributed by atoms with E-state index in [1.165, 1.54) is 6.20 Å². The van der Waals surface area contributed by atoms with Gasteiger partial charge in [-0.2, -0.15) is 0 Å². The third kappa shape index (κ3) is 4.45. The molecule has 0 bridgehead atoms. The number of hydrogen-bond donors (Lipinski definition) is 1. The molecule has 0 saturated heterocycles. The Bertz CT molecular complexity index is 784. The number of pyridine rings is 1. The first-order valence-corrected chi connectivity index (χ1v) is 8.20. The second-order valence-corrected chi connectivity index (χ2v) is 5.94. The predicted molar refractivity (Wildman–Crippen MR) is 93.2 cm³/mol. The first kappa shape index (κ1) is 16.3. The lowest BCUT2D eigenvalue weighted by Gasteiger charge is -2.06. The lowest BCUT2D eigenvalue weighted by molar-refractivity contribution is 0.0953. The van der Waals surface area contributed by atoms with Crippen molar-refractivity contribution >= 4 is 21.8 Å². The Labute approximate surface area is 147 Å². The van der Waals surface area contributed by atoms with Gasteiger partial charge < -0.3 is 14.5 Å². The zero-order valence-corrected chi connectivity index (χ0v) is 14.3. The van der Waals surface area contributed by atoms with Crippen LogP contribution in [0.4, 0.5) is 0 Å². The van der Waals surface area contributed by atoms with Crippen LogP contribution in [0.2, 0.25) is 0 Å². The van der Waals surface area contributed by atoms with Gasteiger partial charge in [-0.25, -0.2) is 4.98 Å². The van der Waals surface area contributed by atoms with Gasteiger partial charge in [0.1, 0.15) is 11.5 Å². The second kappa shape index (κ2) is 7.79. The molecule has 0 unspecified atom stereocenters. The number of carbonyl (C=O) groups excluding carboxylic acids is 1. The van der Waals surface area contributed by atoms with Crippen molar-refractivity contribution in [1.82, 2.24) is 10.3 Å². The standard InChI is InChI=1S/C18H15BrN2O3/c19-14-4-6-16(7-5-14)24-17-8-3-13(12-21-17)18(22)20-10-9-15-2-1-11-23-15/h1-8,11-12H,9-10H2,(H,20,22). The number of amides is 1. The molecule has 0 fully saturated rings. The van der Waals surface area contributed by atoms with E-state index in [0.717, 1.165) is 10.2 Å². The number of hydrogen-bond acceptors (Lipinski definition) is 4. The van der Waals surface area contributed by atoms with E-state index < -0.39 is 0 Å². The van der Waals surface area contributed by atoms with Gasteiger partial charge in [-0.15, -0.1) is 0 Å². The van der Waals surface area contributed by atoms with E-state index in [4.69, 9.17) is 9.15 Å². The predicted octanol–water partition coefficient (Wildman–Crippen LogP) is 4.20. The SMILES string of the molecule is O=C(NCCc1ccco1)c1ccc(Oc2ccc(Br)cc2)nc1. The fourth-order valence-corrected chi connectivity index (χ4v) is 2.32. The lowest BCUT2D eigenvalue weighted by Crippen LogP contribution is -2.25. The molecule has 0 aliphatic rings. The average molecular weight is 387 g/mol. The number of rotatable bonds is 6. The Balaban J connectivity index is 1.53. The van der Waals surface area contributed by atoms with Crippen LogP contribution in [0.25, 0.3) is 0 Å². The summed E-state index contributed by atoms with van der Waals surface area (Å²) in [5.74, 6) is 1.78. The minimum absolute atomic E-state index is 0.177. The number of halogens is 1. The van der Waals surface area contributed by atoms with Crippen molar-refractivity contribution in [1.29, 1.82) is 0 Å². The van der Waals surface area contributed by atoms with Gasteiger partial charge in [-0.3, -0.25) is 4.79 Å². The summed E-state index contributed by atoms with van der Waals surface area (Å²) in [6, 6.07) is 14.5. The molecular formula is C18H15BrN2O3. The maximum absolute atomic E-state index is 12.1. The van der Waals surface area contributed by atoms with Crippen LogP contribution in [0, 0.1) is 0 Å². The van der Waals surface area contributed by atoms with Crippen molar-refractivity contribution in [2.24, 2.45) is 0 Å². The van der Waals surface area contributed by atoms with E-state index in [9.17, 15) is 4.79 Å². The van der Waals surface area contributed by atoms with Crippen molar-refractivity contribution in [2.75, 3.05) is 6.54 Å². The monoisotopic (exact) mass is 386 g/mol. The smallest absolute Gasteiger partial charge is 0.252 e. The Hall–Kier alpha value is -2.60. The summed E-state index contributed by atoms with van der Waals surface area (Å²) < 4.78 is 11.8. The minimum Gasteiger partial charge on any atom is -0.469 e. The third-order valence-corrected chi connectivity index (χ3v) is 3.80. The molecule has 1 amide bonds. The molecule has 3 aromatic rings. The highest BCUT2D eigenvalue weighted by Gasteiger charge is 2.07. The molecule has 1 aromatic carbocycles. The fourth-order valence-electron chi connectivity index (χ4n) is 2.05. The molecule has 3 rings (SSSR count). The van der Waals surface area contributed by atoms with E-state index in [-0.39, 0.29) is 5.91 Å². The summed E-state index contributed by atoms with van der Waals surface area (Å²) in [6.45, 7) is 0.503. The summed E-state index contributed by atoms with van der Waals surface area (Å²) in [6.07, 6.45) is 3.76. The summed E-state index contributed by atoms with van der Waals surface area (Å²) >= 11 is 3.37. The van der Waals surface area contributed by atoms with Crippen LogP contribution in [0.15, 0.2) is 69.9 Å². The lowest BCUT2D eigenvalue weighted by atomic mass is 10.2. The summed E-state index contributed by atoms with van der Waals surface area (Å²) in [7, 11) is 0.